The lowest BCUT2D eigenvalue weighted by atomic mass is 9.95. The van der Waals surface area contributed by atoms with E-state index in [1.165, 1.54) is 0 Å². The highest BCUT2D eigenvalue weighted by Gasteiger charge is 2.13. The van der Waals surface area contributed by atoms with Crippen molar-refractivity contribution in [3.63, 3.8) is 0 Å². The molecule has 0 radical (unpaired) electrons. The number of phenolic OH excluding ortho intramolecular Hbond substituents is 1. The average Bonchev–Trinajstić information content (AvgIpc) is 2.83. The van der Waals surface area contributed by atoms with E-state index in [1.54, 1.807) is 18.2 Å². The second-order valence-corrected chi connectivity index (χ2v) is 8.09. The van der Waals surface area contributed by atoms with E-state index in [0.29, 0.717) is 11.6 Å². The van der Waals surface area contributed by atoms with Crippen molar-refractivity contribution in [1.29, 1.82) is 0 Å². The van der Waals surface area contributed by atoms with Crippen LogP contribution in [0.3, 0.4) is 0 Å². The molecule has 32 heavy (non-hydrogen) atoms. The summed E-state index contributed by atoms with van der Waals surface area (Å²) in [4.78, 5) is 2.43. The number of halogens is 1. The first-order valence-corrected chi connectivity index (χ1v) is 11.7. The summed E-state index contributed by atoms with van der Waals surface area (Å²) < 4.78 is 5.96. The highest BCUT2D eigenvalue weighted by molar-refractivity contribution is 6.53. The summed E-state index contributed by atoms with van der Waals surface area (Å²) in [6.07, 6.45) is 2.18. The van der Waals surface area contributed by atoms with E-state index in [4.69, 9.17) is 16.3 Å². The standard InChI is InChI=1S/C28H32ClNO2/c1-3-30(4-2)19-8-9-20-32-26-17-15-23(16-18-26)27(22-11-6-5-7-12-22)28(29)24-13-10-14-25(31)21-24/h5-7,10-18,21,31H,3-4,8-9,19-20H2,1-2H3. The van der Waals surface area contributed by atoms with Gasteiger partial charge in [0.2, 0.25) is 0 Å². The van der Waals surface area contributed by atoms with Crippen LogP contribution in [0, 0.1) is 0 Å². The molecule has 0 aliphatic heterocycles. The van der Waals surface area contributed by atoms with Gasteiger partial charge in [0.1, 0.15) is 11.5 Å². The van der Waals surface area contributed by atoms with Crippen LogP contribution in [0.1, 0.15) is 43.4 Å². The molecule has 0 aliphatic carbocycles. The molecular formula is C28H32ClNO2. The van der Waals surface area contributed by atoms with E-state index in [9.17, 15) is 5.11 Å². The molecule has 3 aromatic carbocycles. The van der Waals surface area contributed by atoms with Crippen molar-refractivity contribution >= 4 is 22.2 Å². The molecule has 0 aliphatic rings. The van der Waals surface area contributed by atoms with E-state index < -0.39 is 0 Å². The maximum atomic E-state index is 9.90. The first-order valence-electron chi connectivity index (χ1n) is 11.3. The molecule has 0 aromatic heterocycles. The number of hydrogen-bond acceptors (Lipinski definition) is 3. The minimum absolute atomic E-state index is 0.192. The molecule has 168 valence electrons. The van der Waals surface area contributed by atoms with E-state index in [0.717, 1.165) is 60.5 Å². The van der Waals surface area contributed by atoms with Gasteiger partial charge in [-0.1, -0.05) is 80.0 Å². The number of aromatic hydroxyl groups is 1. The van der Waals surface area contributed by atoms with Gasteiger partial charge in [-0.15, -0.1) is 0 Å². The third-order valence-electron chi connectivity index (χ3n) is 5.56. The molecule has 3 rings (SSSR count). The second-order valence-electron chi connectivity index (χ2n) is 7.71. The molecule has 0 amide bonds. The molecule has 3 nitrogen and oxygen atoms in total. The Morgan fingerprint density at radius 1 is 0.812 bits per heavy atom. The van der Waals surface area contributed by atoms with Crippen molar-refractivity contribution < 1.29 is 9.84 Å². The first kappa shape index (κ1) is 23.9. The third kappa shape index (κ3) is 6.62. The van der Waals surface area contributed by atoms with Crippen LogP contribution in [-0.2, 0) is 0 Å². The molecule has 0 heterocycles. The summed E-state index contributed by atoms with van der Waals surface area (Å²) >= 11 is 6.85. The van der Waals surface area contributed by atoms with Gasteiger partial charge >= 0.3 is 0 Å². The van der Waals surface area contributed by atoms with Crippen molar-refractivity contribution in [3.8, 4) is 11.5 Å². The zero-order chi connectivity index (χ0) is 22.8. The smallest absolute Gasteiger partial charge is 0.119 e. The predicted molar refractivity (Wildman–Crippen MR) is 135 cm³/mol. The summed E-state index contributed by atoms with van der Waals surface area (Å²) in [5.74, 6) is 1.05. The Labute approximate surface area is 196 Å². The average molecular weight is 450 g/mol. The van der Waals surface area contributed by atoms with Crippen LogP contribution in [-0.4, -0.2) is 36.2 Å². The highest BCUT2D eigenvalue weighted by Crippen LogP contribution is 2.36. The molecule has 0 unspecified atom stereocenters. The molecule has 0 spiro atoms. The molecule has 0 bridgehead atoms. The quantitative estimate of drug-likeness (QED) is 0.251. The molecule has 1 N–H and O–H groups in total. The van der Waals surface area contributed by atoms with Crippen LogP contribution in [0.15, 0.2) is 78.9 Å². The van der Waals surface area contributed by atoms with Gasteiger partial charge in [0.15, 0.2) is 0 Å². The highest BCUT2D eigenvalue weighted by atomic mass is 35.5. The van der Waals surface area contributed by atoms with Crippen LogP contribution in [0.5, 0.6) is 11.5 Å². The largest absolute Gasteiger partial charge is 0.508 e. The molecule has 4 heteroatoms. The fourth-order valence-electron chi connectivity index (χ4n) is 3.70. The number of rotatable bonds is 11. The van der Waals surface area contributed by atoms with Crippen LogP contribution in [0.4, 0.5) is 0 Å². The Hall–Kier alpha value is -2.75. The number of ether oxygens (including phenoxy) is 1. The Kier molecular flexibility index (Phi) is 9.21. The number of nitrogens with zero attached hydrogens (tertiary/aromatic N) is 1. The predicted octanol–water partition coefficient (Wildman–Crippen LogP) is 7.05. The monoisotopic (exact) mass is 449 g/mol. The number of benzene rings is 3. The van der Waals surface area contributed by atoms with Crippen LogP contribution < -0.4 is 4.74 Å². The van der Waals surface area contributed by atoms with Gasteiger partial charge in [-0.25, -0.2) is 0 Å². The fourth-order valence-corrected chi connectivity index (χ4v) is 4.03. The van der Waals surface area contributed by atoms with Gasteiger partial charge in [0.05, 0.1) is 11.6 Å². The lowest BCUT2D eigenvalue weighted by Crippen LogP contribution is -2.24. The fraction of sp³-hybridized carbons (Fsp3) is 0.286. The van der Waals surface area contributed by atoms with Crippen LogP contribution in [0.25, 0.3) is 10.6 Å². The Bertz CT molecular complexity index is 995. The molecule has 0 atom stereocenters. The van der Waals surface area contributed by atoms with Crippen LogP contribution in [0.2, 0.25) is 0 Å². The van der Waals surface area contributed by atoms with E-state index in [-0.39, 0.29) is 5.75 Å². The van der Waals surface area contributed by atoms with Gasteiger partial charge in [0.25, 0.3) is 0 Å². The van der Waals surface area contributed by atoms with Crippen LogP contribution >= 0.6 is 11.6 Å². The zero-order valence-corrected chi connectivity index (χ0v) is 19.7. The Morgan fingerprint density at radius 3 is 2.12 bits per heavy atom. The van der Waals surface area contributed by atoms with Gasteiger partial charge in [0, 0.05) is 5.57 Å². The molecular weight excluding hydrogens is 418 g/mol. The number of unbranched alkanes of at least 4 members (excludes halogenated alkanes) is 1. The summed E-state index contributed by atoms with van der Waals surface area (Å²) in [6.45, 7) is 8.43. The minimum atomic E-state index is 0.192. The van der Waals surface area contributed by atoms with Crippen molar-refractivity contribution in [2.45, 2.75) is 26.7 Å². The zero-order valence-electron chi connectivity index (χ0n) is 18.9. The van der Waals surface area contributed by atoms with E-state index >= 15 is 0 Å². The summed E-state index contributed by atoms with van der Waals surface area (Å²) in [7, 11) is 0. The summed E-state index contributed by atoms with van der Waals surface area (Å²) in [5.41, 5.74) is 3.71. The SMILES string of the molecule is CCN(CC)CCCCOc1ccc(C(=C(Cl)c2cccc(O)c2)c2ccccc2)cc1. The van der Waals surface area contributed by atoms with Gasteiger partial charge in [-0.2, -0.15) is 0 Å². The van der Waals surface area contributed by atoms with Crippen molar-refractivity contribution in [1.82, 2.24) is 4.90 Å². The maximum Gasteiger partial charge on any atom is 0.119 e. The van der Waals surface area contributed by atoms with Gasteiger partial charge in [-0.05, 0) is 73.4 Å². The Morgan fingerprint density at radius 2 is 1.47 bits per heavy atom. The van der Waals surface area contributed by atoms with E-state index in [1.807, 2.05) is 60.7 Å². The lowest BCUT2D eigenvalue weighted by Gasteiger charge is -2.17. The van der Waals surface area contributed by atoms with Gasteiger partial charge < -0.3 is 14.7 Å². The summed E-state index contributed by atoms with van der Waals surface area (Å²) in [6, 6.07) is 25.2. The number of hydrogen-bond donors (Lipinski definition) is 1. The third-order valence-corrected chi connectivity index (χ3v) is 5.96. The maximum absolute atomic E-state index is 9.90. The molecule has 0 saturated carbocycles. The van der Waals surface area contributed by atoms with Crippen molar-refractivity contribution in [2.75, 3.05) is 26.2 Å². The first-order chi connectivity index (χ1) is 15.6. The van der Waals surface area contributed by atoms with Gasteiger partial charge in [-0.3, -0.25) is 0 Å². The topological polar surface area (TPSA) is 32.7 Å². The van der Waals surface area contributed by atoms with Crippen molar-refractivity contribution in [3.05, 3.63) is 95.6 Å². The normalized spacial score (nSPS) is 12.0. The van der Waals surface area contributed by atoms with Crippen molar-refractivity contribution in [2.24, 2.45) is 0 Å². The molecule has 0 fully saturated rings. The second kappa shape index (κ2) is 12.3. The summed E-state index contributed by atoms with van der Waals surface area (Å²) in [5, 5.41) is 10.5. The Balaban J connectivity index is 1.75. The minimum Gasteiger partial charge on any atom is -0.508 e. The lowest BCUT2D eigenvalue weighted by molar-refractivity contribution is 0.266. The number of phenols is 1. The molecule has 3 aromatic rings. The van der Waals surface area contributed by atoms with E-state index in [2.05, 4.69) is 18.7 Å². The molecule has 0 saturated heterocycles.